The molecule has 3 aliphatic rings. The van der Waals surface area contributed by atoms with Gasteiger partial charge in [-0.3, -0.25) is 9.69 Å². The first-order valence-corrected chi connectivity index (χ1v) is 6.01. The maximum Gasteiger partial charge on any atom is 0.408 e. The number of aliphatic carboxylic acids is 1. The summed E-state index contributed by atoms with van der Waals surface area (Å²) >= 11 is 0. The fourth-order valence-electron chi connectivity index (χ4n) is 2.95. The summed E-state index contributed by atoms with van der Waals surface area (Å²) in [6.45, 7) is 0. The molecular formula is C12H16N2O5. The smallest absolute Gasteiger partial charge is 0.408 e. The molecule has 2 bridgehead atoms. The number of fused-ring (bicyclic) bond motifs is 3. The van der Waals surface area contributed by atoms with Gasteiger partial charge in [0.15, 0.2) is 5.78 Å². The van der Waals surface area contributed by atoms with Gasteiger partial charge in [0.25, 0.3) is 0 Å². The van der Waals surface area contributed by atoms with Gasteiger partial charge in [-0.25, -0.2) is 9.59 Å². The number of carbonyl (C=O) groups excluding carboxylic acids is 1. The van der Waals surface area contributed by atoms with E-state index < -0.39 is 30.1 Å². The van der Waals surface area contributed by atoms with E-state index in [2.05, 4.69) is 0 Å². The molecule has 104 valence electrons. The highest BCUT2D eigenvalue weighted by molar-refractivity contribution is 6.04. The second-order valence-electron chi connectivity index (χ2n) is 5.08. The number of ketones is 1. The van der Waals surface area contributed by atoms with E-state index >= 15 is 0 Å². The molecule has 19 heavy (non-hydrogen) atoms. The molecule has 1 saturated carbocycles. The topological polar surface area (TPSA) is 98.2 Å². The number of carboxylic acid groups (broad SMARTS) is 2. The molecule has 0 unspecified atom stereocenters. The second-order valence-corrected chi connectivity index (χ2v) is 5.08. The number of carbonyl (C=O) groups is 3. The van der Waals surface area contributed by atoms with Crippen LogP contribution in [0.4, 0.5) is 4.79 Å². The van der Waals surface area contributed by atoms with Gasteiger partial charge in [0, 0.05) is 25.9 Å². The van der Waals surface area contributed by atoms with Gasteiger partial charge in [-0.2, -0.15) is 0 Å². The molecule has 3 atom stereocenters. The third kappa shape index (κ3) is 2.05. The van der Waals surface area contributed by atoms with Crippen LogP contribution in [-0.2, 0) is 9.59 Å². The minimum Gasteiger partial charge on any atom is -0.480 e. The molecule has 0 aromatic heterocycles. The number of nitrogens with zero attached hydrogens (tertiary/aromatic N) is 2. The number of Topliss-reactive ketones (excluding diaryl/α,β-unsaturated/α-hetero) is 1. The van der Waals surface area contributed by atoms with Crippen LogP contribution in [0.5, 0.6) is 0 Å². The Morgan fingerprint density at radius 3 is 2.42 bits per heavy atom. The number of carboxylic acids is 1. The van der Waals surface area contributed by atoms with Gasteiger partial charge in [0.2, 0.25) is 0 Å². The van der Waals surface area contributed by atoms with E-state index in [9.17, 15) is 24.6 Å². The summed E-state index contributed by atoms with van der Waals surface area (Å²) in [5.74, 6) is -2.27. The Kier molecular flexibility index (Phi) is 3.21. The average molecular weight is 268 g/mol. The largest absolute Gasteiger partial charge is 0.480 e. The maximum atomic E-state index is 12.2. The maximum absolute atomic E-state index is 12.2. The molecule has 2 heterocycles. The molecule has 7 nitrogen and oxygen atoms in total. The lowest BCUT2D eigenvalue weighted by Gasteiger charge is -2.48. The molecule has 1 aliphatic carbocycles. The SMILES string of the molecule is CN(C)/C=C1/C(=O)[C@H]2CC[C@@H]1N(C(=O)O)[C@@H]2C(=O)O. The lowest BCUT2D eigenvalue weighted by molar-refractivity contribution is -0.153. The summed E-state index contributed by atoms with van der Waals surface area (Å²) in [6, 6.07) is -1.92. The first-order chi connectivity index (χ1) is 8.84. The quantitative estimate of drug-likeness (QED) is 0.695. The van der Waals surface area contributed by atoms with Crippen LogP contribution in [0.2, 0.25) is 0 Å². The number of hydrogen-bond acceptors (Lipinski definition) is 4. The first kappa shape index (κ1) is 13.4. The number of rotatable bonds is 2. The summed E-state index contributed by atoms with van der Waals surface area (Å²) in [4.78, 5) is 37.4. The Labute approximate surface area is 110 Å². The van der Waals surface area contributed by atoms with Crippen LogP contribution < -0.4 is 0 Å². The molecule has 0 aromatic rings. The highest BCUT2D eigenvalue weighted by atomic mass is 16.4. The molecule has 0 spiro atoms. The van der Waals surface area contributed by atoms with E-state index in [1.165, 1.54) is 0 Å². The van der Waals surface area contributed by atoms with Crippen LogP contribution in [0.3, 0.4) is 0 Å². The van der Waals surface area contributed by atoms with Crippen LogP contribution in [0.15, 0.2) is 11.8 Å². The van der Waals surface area contributed by atoms with E-state index in [4.69, 9.17) is 0 Å². The molecule has 2 N–H and O–H groups in total. The molecule has 1 amide bonds. The average Bonchev–Trinajstić information content (AvgIpc) is 2.31. The van der Waals surface area contributed by atoms with E-state index in [0.717, 1.165) is 4.90 Å². The van der Waals surface area contributed by atoms with Crippen LogP contribution in [0.1, 0.15) is 12.8 Å². The van der Waals surface area contributed by atoms with E-state index in [1.807, 2.05) is 0 Å². The van der Waals surface area contributed by atoms with Crippen molar-refractivity contribution >= 4 is 17.8 Å². The molecule has 2 saturated heterocycles. The van der Waals surface area contributed by atoms with Crippen LogP contribution in [-0.4, -0.2) is 64.0 Å². The van der Waals surface area contributed by atoms with Gasteiger partial charge in [-0.1, -0.05) is 0 Å². The first-order valence-electron chi connectivity index (χ1n) is 6.01. The summed E-state index contributed by atoms with van der Waals surface area (Å²) in [5.41, 5.74) is 0.390. The summed E-state index contributed by atoms with van der Waals surface area (Å²) < 4.78 is 0. The predicted molar refractivity (Wildman–Crippen MR) is 64.6 cm³/mol. The van der Waals surface area contributed by atoms with E-state index in [1.54, 1.807) is 25.2 Å². The zero-order valence-corrected chi connectivity index (χ0v) is 10.7. The monoisotopic (exact) mass is 268 g/mol. The lowest BCUT2D eigenvalue weighted by atomic mass is 9.71. The Balaban J connectivity index is 2.46. The van der Waals surface area contributed by atoms with E-state index in [0.29, 0.717) is 18.4 Å². The predicted octanol–water partition coefficient (Wildman–Crippen LogP) is 0.226. The Morgan fingerprint density at radius 2 is 1.95 bits per heavy atom. The highest BCUT2D eigenvalue weighted by Gasteiger charge is 2.54. The summed E-state index contributed by atoms with van der Waals surface area (Å²) in [7, 11) is 3.48. The number of piperidine rings is 2. The number of amides is 1. The Bertz CT molecular complexity index is 471. The minimum atomic E-state index is -1.29. The lowest BCUT2D eigenvalue weighted by Crippen LogP contribution is -2.64. The van der Waals surface area contributed by atoms with Gasteiger partial charge in [-0.05, 0) is 12.8 Å². The van der Waals surface area contributed by atoms with E-state index in [-0.39, 0.29) is 5.78 Å². The summed E-state index contributed by atoms with van der Waals surface area (Å²) in [5, 5.41) is 18.4. The van der Waals surface area contributed by atoms with Gasteiger partial charge < -0.3 is 15.1 Å². The molecule has 0 radical (unpaired) electrons. The van der Waals surface area contributed by atoms with Gasteiger partial charge in [-0.15, -0.1) is 0 Å². The molecule has 3 rings (SSSR count). The fraction of sp³-hybridized carbons (Fsp3) is 0.583. The molecular weight excluding hydrogens is 252 g/mol. The van der Waals surface area contributed by atoms with Crippen molar-refractivity contribution in [1.82, 2.24) is 9.80 Å². The third-order valence-corrected chi connectivity index (χ3v) is 3.62. The summed E-state index contributed by atoms with van der Waals surface area (Å²) in [6.07, 6.45) is 1.22. The molecule has 3 fully saturated rings. The van der Waals surface area contributed by atoms with Crippen molar-refractivity contribution in [2.45, 2.75) is 24.9 Å². The van der Waals surface area contributed by atoms with Crippen LogP contribution >= 0.6 is 0 Å². The third-order valence-electron chi connectivity index (χ3n) is 3.62. The Morgan fingerprint density at radius 1 is 1.32 bits per heavy atom. The van der Waals surface area contributed by atoms with Gasteiger partial charge in [0.1, 0.15) is 6.04 Å². The molecule has 7 heteroatoms. The van der Waals surface area contributed by atoms with Crippen molar-refractivity contribution in [1.29, 1.82) is 0 Å². The van der Waals surface area contributed by atoms with Crippen molar-refractivity contribution in [3.8, 4) is 0 Å². The van der Waals surface area contributed by atoms with Crippen molar-refractivity contribution < 1.29 is 24.6 Å². The van der Waals surface area contributed by atoms with Crippen molar-refractivity contribution in [3.63, 3.8) is 0 Å². The highest BCUT2D eigenvalue weighted by Crippen LogP contribution is 2.40. The van der Waals surface area contributed by atoms with Crippen LogP contribution in [0.25, 0.3) is 0 Å². The van der Waals surface area contributed by atoms with Crippen molar-refractivity contribution in [2.75, 3.05) is 14.1 Å². The zero-order chi connectivity index (χ0) is 14.3. The Hall–Kier alpha value is -2.05. The van der Waals surface area contributed by atoms with Crippen LogP contribution in [0, 0.1) is 5.92 Å². The normalized spacial score (nSPS) is 31.7. The molecule has 0 aromatic carbocycles. The van der Waals surface area contributed by atoms with Gasteiger partial charge >= 0.3 is 12.1 Å². The molecule has 2 aliphatic heterocycles. The standard InChI is InChI=1S/C12H16N2O5/c1-13(2)5-7-8-4-3-6(10(7)15)9(11(16)17)14(8)12(18)19/h5-6,8-9H,3-4H2,1-2H3,(H,16,17)(H,18,19)/b7-5+/t6-,8-,9-/m0/s1. The minimum absolute atomic E-state index is 0.241. The second kappa shape index (κ2) is 4.56. The van der Waals surface area contributed by atoms with Crippen molar-refractivity contribution in [3.05, 3.63) is 11.8 Å². The number of hydrogen-bond donors (Lipinski definition) is 2. The van der Waals surface area contributed by atoms with Crippen molar-refractivity contribution in [2.24, 2.45) is 5.92 Å². The fourth-order valence-corrected chi connectivity index (χ4v) is 2.95. The van der Waals surface area contributed by atoms with Gasteiger partial charge in [0.05, 0.1) is 12.0 Å². The zero-order valence-electron chi connectivity index (χ0n) is 10.7.